The summed E-state index contributed by atoms with van der Waals surface area (Å²) in [5.74, 6) is -0.753. The molecule has 20 heavy (non-hydrogen) atoms. The van der Waals surface area contributed by atoms with Gasteiger partial charge in [0.15, 0.2) is 9.99 Å². The lowest BCUT2D eigenvalue weighted by Crippen LogP contribution is -1.97. The Morgan fingerprint density at radius 2 is 1.90 bits per heavy atom. The number of ether oxygens (including phenoxy) is 1. The van der Waals surface area contributed by atoms with Crippen molar-refractivity contribution < 1.29 is 19.4 Å². The molecular weight excluding hydrogens is 296 g/mol. The molecule has 0 bridgehead atoms. The highest BCUT2D eigenvalue weighted by atomic mass is 32.2. The molecule has 1 heterocycles. The molecule has 6 heteroatoms. The van der Waals surface area contributed by atoms with Crippen LogP contribution < -0.4 is 0 Å². The highest BCUT2D eigenvalue weighted by molar-refractivity contribution is 8.15. The maximum Gasteiger partial charge on any atom is 0.351 e. The molecule has 0 atom stereocenters. The minimum Gasteiger partial charge on any atom is -0.505 e. The summed E-state index contributed by atoms with van der Waals surface area (Å²) in [6.45, 7) is 1.44. The van der Waals surface area contributed by atoms with Crippen molar-refractivity contribution >= 4 is 34.2 Å². The quantitative estimate of drug-likeness (QED) is 0.694. The van der Waals surface area contributed by atoms with Gasteiger partial charge in [0, 0.05) is 12.5 Å². The van der Waals surface area contributed by atoms with E-state index in [0.717, 1.165) is 28.7 Å². The second kappa shape index (κ2) is 6.11. The van der Waals surface area contributed by atoms with E-state index in [2.05, 4.69) is 4.74 Å². The van der Waals surface area contributed by atoms with Crippen LogP contribution >= 0.6 is 23.1 Å². The summed E-state index contributed by atoms with van der Waals surface area (Å²) in [6.07, 6.45) is 0. The predicted octanol–water partition coefficient (Wildman–Crippen LogP) is 3.55. The van der Waals surface area contributed by atoms with Crippen molar-refractivity contribution in [2.45, 2.75) is 11.1 Å². The lowest BCUT2D eigenvalue weighted by atomic mass is 10.1. The Bertz CT molecular complexity index is 647. The molecule has 0 saturated carbocycles. The molecule has 0 radical (unpaired) electrons. The minimum absolute atomic E-state index is 0.107. The fraction of sp³-hybridized carbons (Fsp3) is 0.143. The molecule has 0 saturated heterocycles. The number of aromatic hydroxyl groups is 1. The molecule has 0 spiro atoms. The van der Waals surface area contributed by atoms with Crippen LogP contribution in [-0.2, 0) is 9.53 Å². The molecule has 1 N–H and O–H groups in total. The van der Waals surface area contributed by atoms with Crippen LogP contribution in [-0.4, -0.2) is 23.3 Å². The lowest BCUT2D eigenvalue weighted by Gasteiger charge is -2.03. The van der Waals surface area contributed by atoms with E-state index in [0.29, 0.717) is 9.77 Å². The van der Waals surface area contributed by atoms with Gasteiger partial charge < -0.3 is 9.84 Å². The van der Waals surface area contributed by atoms with Gasteiger partial charge in [-0.2, -0.15) is 0 Å². The monoisotopic (exact) mass is 308 g/mol. The Hall–Kier alpha value is -1.79. The van der Waals surface area contributed by atoms with Crippen LogP contribution in [0.15, 0.2) is 34.5 Å². The van der Waals surface area contributed by atoms with Crippen molar-refractivity contribution in [1.82, 2.24) is 0 Å². The van der Waals surface area contributed by atoms with Crippen LogP contribution in [0, 0.1) is 0 Å². The van der Waals surface area contributed by atoms with E-state index in [1.54, 1.807) is 0 Å². The Morgan fingerprint density at radius 1 is 1.25 bits per heavy atom. The summed E-state index contributed by atoms with van der Waals surface area (Å²) >= 11 is 2.05. The number of rotatable bonds is 3. The molecule has 1 aromatic heterocycles. The first kappa shape index (κ1) is 14.6. The topological polar surface area (TPSA) is 63.6 Å². The van der Waals surface area contributed by atoms with Gasteiger partial charge in [-0.15, -0.1) is 11.3 Å². The zero-order chi connectivity index (χ0) is 14.7. The average molecular weight is 308 g/mol. The summed E-state index contributed by atoms with van der Waals surface area (Å²) in [5.41, 5.74) is 1.25. The smallest absolute Gasteiger partial charge is 0.351 e. The van der Waals surface area contributed by atoms with Gasteiger partial charge in [-0.25, -0.2) is 4.79 Å². The first-order valence-corrected chi connectivity index (χ1v) is 7.35. The van der Waals surface area contributed by atoms with E-state index >= 15 is 0 Å². The summed E-state index contributed by atoms with van der Waals surface area (Å²) < 4.78 is 5.23. The van der Waals surface area contributed by atoms with Gasteiger partial charge in [0.1, 0.15) is 5.75 Å². The van der Waals surface area contributed by atoms with Crippen molar-refractivity contribution in [3.05, 3.63) is 35.2 Å². The molecule has 0 aliphatic rings. The first-order valence-electron chi connectivity index (χ1n) is 5.72. The van der Waals surface area contributed by atoms with Crippen molar-refractivity contribution in [1.29, 1.82) is 0 Å². The zero-order valence-electron chi connectivity index (χ0n) is 10.9. The molecular formula is C14H12O4S2. The van der Waals surface area contributed by atoms with Gasteiger partial charge in [0.25, 0.3) is 0 Å². The van der Waals surface area contributed by atoms with Gasteiger partial charge in [0.05, 0.1) is 11.3 Å². The van der Waals surface area contributed by atoms with Crippen LogP contribution in [0.4, 0.5) is 0 Å². The Morgan fingerprint density at radius 3 is 2.45 bits per heavy atom. The van der Waals surface area contributed by atoms with Crippen LogP contribution in [0.1, 0.15) is 16.6 Å². The SMILES string of the molecule is COC(=O)c1sc(SC(C)=O)c(-c2ccccc2)c1O. The molecule has 2 rings (SSSR count). The fourth-order valence-electron chi connectivity index (χ4n) is 1.70. The number of thiophene rings is 1. The third kappa shape index (κ3) is 2.86. The normalized spacial score (nSPS) is 10.3. The lowest BCUT2D eigenvalue weighted by molar-refractivity contribution is -0.109. The van der Waals surface area contributed by atoms with Gasteiger partial charge in [-0.1, -0.05) is 30.3 Å². The van der Waals surface area contributed by atoms with Crippen LogP contribution in [0.2, 0.25) is 0 Å². The second-order valence-electron chi connectivity index (χ2n) is 3.89. The summed E-state index contributed by atoms with van der Waals surface area (Å²) in [5, 5.41) is 10.2. The second-order valence-corrected chi connectivity index (χ2v) is 6.36. The molecule has 0 aliphatic carbocycles. The molecule has 1 aromatic carbocycles. The summed E-state index contributed by atoms with van der Waals surface area (Å²) in [4.78, 5) is 23.1. The van der Waals surface area contributed by atoms with Crippen molar-refractivity contribution in [3.8, 4) is 16.9 Å². The number of carbonyl (C=O) groups excluding carboxylic acids is 2. The highest BCUT2D eigenvalue weighted by Gasteiger charge is 2.25. The number of benzene rings is 1. The van der Waals surface area contributed by atoms with Crippen molar-refractivity contribution in [2.75, 3.05) is 7.11 Å². The average Bonchev–Trinajstić information content (AvgIpc) is 2.75. The van der Waals surface area contributed by atoms with E-state index in [-0.39, 0.29) is 15.7 Å². The predicted molar refractivity (Wildman–Crippen MR) is 79.3 cm³/mol. The van der Waals surface area contributed by atoms with E-state index in [1.165, 1.54) is 14.0 Å². The van der Waals surface area contributed by atoms with Crippen LogP contribution in [0.5, 0.6) is 5.75 Å². The number of methoxy groups -OCH3 is 1. The maximum atomic E-state index is 11.7. The fourth-order valence-corrected chi connectivity index (χ4v) is 3.91. The number of thioether (sulfide) groups is 1. The van der Waals surface area contributed by atoms with Crippen LogP contribution in [0.25, 0.3) is 11.1 Å². The Kier molecular flexibility index (Phi) is 4.46. The molecule has 4 nitrogen and oxygen atoms in total. The third-order valence-corrected chi connectivity index (χ3v) is 4.65. The van der Waals surface area contributed by atoms with E-state index < -0.39 is 5.97 Å². The number of esters is 1. The first-order chi connectivity index (χ1) is 9.54. The van der Waals surface area contributed by atoms with Crippen molar-refractivity contribution in [2.24, 2.45) is 0 Å². The third-order valence-electron chi connectivity index (χ3n) is 2.52. The Labute approximate surface area is 124 Å². The van der Waals surface area contributed by atoms with Gasteiger partial charge in [-0.3, -0.25) is 4.79 Å². The number of hydrogen-bond acceptors (Lipinski definition) is 6. The molecule has 0 fully saturated rings. The molecule has 0 unspecified atom stereocenters. The number of carbonyl (C=O) groups is 2. The van der Waals surface area contributed by atoms with Crippen LogP contribution in [0.3, 0.4) is 0 Å². The summed E-state index contributed by atoms with van der Waals surface area (Å²) in [6, 6.07) is 9.13. The Balaban J connectivity index is 2.61. The molecule has 0 aliphatic heterocycles. The summed E-state index contributed by atoms with van der Waals surface area (Å²) in [7, 11) is 1.25. The van der Waals surface area contributed by atoms with Crippen molar-refractivity contribution in [3.63, 3.8) is 0 Å². The van der Waals surface area contributed by atoms with Gasteiger partial charge in [0.2, 0.25) is 0 Å². The maximum absolute atomic E-state index is 11.7. The molecule has 0 amide bonds. The highest BCUT2D eigenvalue weighted by Crippen LogP contribution is 2.47. The number of hydrogen-bond donors (Lipinski definition) is 1. The van der Waals surface area contributed by atoms with E-state index in [9.17, 15) is 14.7 Å². The van der Waals surface area contributed by atoms with E-state index in [1.807, 2.05) is 30.3 Å². The molecule has 2 aromatic rings. The molecule has 104 valence electrons. The van der Waals surface area contributed by atoms with E-state index in [4.69, 9.17) is 0 Å². The minimum atomic E-state index is -0.611. The van der Waals surface area contributed by atoms with Gasteiger partial charge in [-0.05, 0) is 17.3 Å². The largest absolute Gasteiger partial charge is 0.505 e. The standard InChI is InChI=1S/C14H12O4S2/c1-8(15)19-14-10(9-6-4-3-5-7-9)11(16)12(20-14)13(17)18-2/h3-7,16H,1-2H3. The zero-order valence-corrected chi connectivity index (χ0v) is 12.5. The van der Waals surface area contributed by atoms with Gasteiger partial charge >= 0.3 is 5.97 Å².